The predicted molar refractivity (Wildman–Crippen MR) is 105 cm³/mol. The number of piperazine rings is 1. The summed E-state index contributed by atoms with van der Waals surface area (Å²) in [6.07, 6.45) is 5.83. The second kappa shape index (κ2) is 8.24. The number of rotatable bonds is 5. The van der Waals surface area contributed by atoms with Crippen molar-refractivity contribution in [2.24, 2.45) is 0 Å². The van der Waals surface area contributed by atoms with Crippen LogP contribution in [0.25, 0.3) is 11.8 Å². The average Bonchev–Trinajstić information content (AvgIpc) is 3.40. The third-order valence-corrected chi connectivity index (χ3v) is 5.46. The molecule has 0 saturated carbocycles. The second-order valence-electron chi connectivity index (χ2n) is 6.30. The molecule has 0 unspecified atom stereocenters. The molecule has 138 valence electrons. The molecule has 1 saturated heterocycles. The first-order valence-corrected chi connectivity index (χ1v) is 9.73. The Morgan fingerprint density at radius 3 is 2.67 bits per heavy atom. The van der Waals surface area contributed by atoms with Crippen molar-refractivity contribution < 1.29 is 4.79 Å². The van der Waals surface area contributed by atoms with E-state index in [1.807, 2.05) is 34.5 Å². The summed E-state index contributed by atoms with van der Waals surface area (Å²) in [5.74, 6) is 0.0509. The molecule has 4 rings (SSSR count). The van der Waals surface area contributed by atoms with Crippen LogP contribution in [-0.2, 0) is 0 Å². The van der Waals surface area contributed by atoms with Crippen LogP contribution in [0, 0.1) is 0 Å². The molecule has 0 radical (unpaired) electrons. The number of hydrogen-bond acceptors (Lipinski definition) is 6. The van der Waals surface area contributed by atoms with Gasteiger partial charge in [-0.3, -0.25) is 9.69 Å². The highest BCUT2D eigenvalue weighted by molar-refractivity contribution is 7.12. The Morgan fingerprint density at radius 2 is 1.93 bits per heavy atom. The van der Waals surface area contributed by atoms with E-state index in [9.17, 15) is 4.79 Å². The van der Waals surface area contributed by atoms with Gasteiger partial charge in [-0.1, -0.05) is 42.5 Å². The summed E-state index contributed by atoms with van der Waals surface area (Å²) in [6.45, 7) is 4.09. The third kappa shape index (κ3) is 4.12. The van der Waals surface area contributed by atoms with E-state index in [0.29, 0.717) is 4.88 Å². The van der Waals surface area contributed by atoms with E-state index in [2.05, 4.69) is 44.7 Å². The Kier molecular flexibility index (Phi) is 5.36. The van der Waals surface area contributed by atoms with E-state index in [4.69, 9.17) is 0 Å². The van der Waals surface area contributed by atoms with Crippen molar-refractivity contribution in [1.82, 2.24) is 30.0 Å². The number of thiophene rings is 1. The number of aromatic nitrogens is 4. The standard InChI is InChI=1S/C19H20N6OS/c26-19(18-17(8-14-27-18)25-15-20-21-22-25)24-12-10-23(11-13-24)9-4-7-16-5-2-1-3-6-16/h1-8,14-15H,9-13H2. The van der Waals surface area contributed by atoms with Crippen molar-refractivity contribution in [3.8, 4) is 5.69 Å². The Morgan fingerprint density at radius 1 is 1.11 bits per heavy atom. The van der Waals surface area contributed by atoms with Crippen molar-refractivity contribution in [3.05, 3.63) is 64.6 Å². The van der Waals surface area contributed by atoms with E-state index >= 15 is 0 Å². The van der Waals surface area contributed by atoms with Gasteiger partial charge in [0.1, 0.15) is 11.2 Å². The van der Waals surface area contributed by atoms with Crippen LogP contribution in [0.5, 0.6) is 0 Å². The molecule has 0 bridgehead atoms. The molecule has 1 amide bonds. The molecule has 3 heterocycles. The molecule has 27 heavy (non-hydrogen) atoms. The summed E-state index contributed by atoms with van der Waals surface area (Å²) in [4.78, 5) is 17.9. The molecule has 7 nitrogen and oxygen atoms in total. The second-order valence-corrected chi connectivity index (χ2v) is 7.21. The number of carbonyl (C=O) groups is 1. The Balaban J connectivity index is 1.32. The summed E-state index contributed by atoms with van der Waals surface area (Å²) in [5, 5.41) is 13.1. The summed E-state index contributed by atoms with van der Waals surface area (Å²) in [5.41, 5.74) is 1.95. The minimum absolute atomic E-state index is 0.0509. The third-order valence-electron chi connectivity index (χ3n) is 4.57. The topological polar surface area (TPSA) is 67.2 Å². The quantitative estimate of drug-likeness (QED) is 0.679. The Hall–Kier alpha value is -2.84. The van der Waals surface area contributed by atoms with Crippen LogP contribution in [0.2, 0.25) is 0 Å². The van der Waals surface area contributed by atoms with Crippen molar-refractivity contribution in [1.29, 1.82) is 0 Å². The zero-order chi connectivity index (χ0) is 18.5. The molecule has 2 aromatic heterocycles. The van der Waals surface area contributed by atoms with Gasteiger partial charge in [0, 0.05) is 32.7 Å². The minimum Gasteiger partial charge on any atom is -0.335 e. The summed E-state index contributed by atoms with van der Waals surface area (Å²) in [6, 6.07) is 12.2. The van der Waals surface area contributed by atoms with Gasteiger partial charge in [0.15, 0.2) is 0 Å². The molecule has 1 fully saturated rings. The lowest BCUT2D eigenvalue weighted by atomic mass is 10.2. The SMILES string of the molecule is O=C(c1sccc1-n1cnnn1)N1CCN(CC=Cc2ccccc2)CC1. The smallest absolute Gasteiger partial charge is 0.266 e. The van der Waals surface area contributed by atoms with Gasteiger partial charge in [-0.05, 0) is 27.4 Å². The molecular weight excluding hydrogens is 360 g/mol. The molecule has 0 aliphatic carbocycles. The molecule has 1 aliphatic heterocycles. The first kappa shape index (κ1) is 17.6. The monoisotopic (exact) mass is 380 g/mol. The zero-order valence-corrected chi connectivity index (χ0v) is 15.6. The highest BCUT2D eigenvalue weighted by Crippen LogP contribution is 2.22. The maximum absolute atomic E-state index is 12.9. The van der Waals surface area contributed by atoms with E-state index in [1.165, 1.54) is 27.9 Å². The van der Waals surface area contributed by atoms with Gasteiger partial charge >= 0.3 is 0 Å². The van der Waals surface area contributed by atoms with Gasteiger partial charge in [-0.2, -0.15) is 4.68 Å². The lowest BCUT2D eigenvalue weighted by Gasteiger charge is -2.34. The molecule has 3 aromatic rings. The Bertz CT molecular complexity index is 897. The fraction of sp³-hybridized carbons (Fsp3) is 0.263. The summed E-state index contributed by atoms with van der Waals surface area (Å²) < 4.78 is 1.54. The van der Waals surface area contributed by atoms with E-state index < -0.39 is 0 Å². The van der Waals surface area contributed by atoms with Crippen LogP contribution < -0.4 is 0 Å². The number of amides is 1. The Labute approximate surface area is 161 Å². The van der Waals surface area contributed by atoms with Crippen molar-refractivity contribution in [2.45, 2.75) is 0 Å². The van der Waals surface area contributed by atoms with Crippen LogP contribution in [0.4, 0.5) is 0 Å². The van der Waals surface area contributed by atoms with Gasteiger partial charge in [0.05, 0.1) is 5.69 Å². The van der Waals surface area contributed by atoms with E-state index in [-0.39, 0.29) is 5.91 Å². The number of tetrazole rings is 1. The fourth-order valence-corrected chi connectivity index (χ4v) is 3.94. The molecule has 0 atom stereocenters. The van der Waals surface area contributed by atoms with Crippen molar-refractivity contribution in [3.63, 3.8) is 0 Å². The van der Waals surface area contributed by atoms with Gasteiger partial charge in [-0.15, -0.1) is 16.4 Å². The molecule has 1 aliphatic rings. The summed E-state index contributed by atoms with van der Waals surface area (Å²) in [7, 11) is 0. The van der Waals surface area contributed by atoms with Crippen LogP contribution in [-0.4, -0.2) is 68.6 Å². The van der Waals surface area contributed by atoms with Gasteiger partial charge in [0.25, 0.3) is 5.91 Å². The first-order chi connectivity index (χ1) is 13.3. The van der Waals surface area contributed by atoms with Crippen molar-refractivity contribution in [2.75, 3.05) is 32.7 Å². The highest BCUT2D eigenvalue weighted by atomic mass is 32.1. The first-order valence-electron chi connectivity index (χ1n) is 8.85. The van der Waals surface area contributed by atoms with Crippen LogP contribution in [0.15, 0.2) is 54.2 Å². The van der Waals surface area contributed by atoms with Gasteiger partial charge in [0.2, 0.25) is 0 Å². The fourth-order valence-electron chi connectivity index (χ4n) is 3.09. The van der Waals surface area contributed by atoms with Gasteiger partial charge < -0.3 is 4.90 Å². The number of carbonyl (C=O) groups excluding carboxylic acids is 1. The zero-order valence-electron chi connectivity index (χ0n) is 14.8. The maximum Gasteiger partial charge on any atom is 0.266 e. The molecule has 8 heteroatoms. The molecular formula is C19H20N6OS. The maximum atomic E-state index is 12.9. The lowest BCUT2D eigenvalue weighted by molar-refractivity contribution is 0.0655. The van der Waals surface area contributed by atoms with Crippen LogP contribution in [0.3, 0.4) is 0 Å². The molecule has 1 aromatic carbocycles. The lowest BCUT2D eigenvalue weighted by Crippen LogP contribution is -2.48. The minimum atomic E-state index is 0.0509. The van der Waals surface area contributed by atoms with Crippen molar-refractivity contribution >= 4 is 23.3 Å². The van der Waals surface area contributed by atoms with E-state index in [1.54, 1.807) is 0 Å². The highest BCUT2D eigenvalue weighted by Gasteiger charge is 2.25. The number of benzene rings is 1. The summed E-state index contributed by atoms with van der Waals surface area (Å²) >= 11 is 1.43. The molecule has 0 N–H and O–H groups in total. The molecule has 0 spiro atoms. The number of hydrogen-bond donors (Lipinski definition) is 0. The van der Waals surface area contributed by atoms with E-state index in [0.717, 1.165) is 38.4 Å². The predicted octanol–water partition coefficient (Wildman–Crippen LogP) is 2.20. The normalized spacial score (nSPS) is 15.5. The van der Waals surface area contributed by atoms with Crippen LogP contribution >= 0.6 is 11.3 Å². The average molecular weight is 380 g/mol. The van der Waals surface area contributed by atoms with Gasteiger partial charge in [-0.25, -0.2) is 0 Å². The largest absolute Gasteiger partial charge is 0.335 e. The van der Waals surface area contributed by atoms with Crippen LogP contribution in [0.1, 0.15) is 15.2 Å². The number of nitrogens with zero attached hydrogens (tertiary/aromatic N) is 6.